The second-order valence-electron chi connectivity index (χ2n) is 4.51. The third-order valence-electron chi connectivity index (χ3n) is 2.99. The highest BCUT2D eigenvalue weighted by atomic mass is 19.4. The molecule has 6 nitrogen and oxygen atoms in total. The van der Waals surface area contributed by atoms with Crippen molar-refractivity contribution in [1.29, 1.82) is 0 Å². The molecule has 1 aliphatic rings. The van der Waals surface area contributed by atoms with Crippen molar-refractivity contribution < 1.29 is 22.8 Å². The first-order valence-electron chi connectivity index (χ1n) is 6.31. The van der Waals surface area contributed by atoms with Crippen LogP contribution in [0.15, 0.2) is 12.1 Å². The van der Waals surface area contributed by atoms with E-state index in [9.17, 15) is 23.3 Å². The molecule has 0 atom stereocenters. The lowest BCUT2D eigenvalue weighted by Crippen LogP contribution is -2.20. The Labute approximate surface area is 118 Å². The van der Waals surface area contributed by atoms with Gasteiger partial charge in [-0.05, 0) is 12.5 Å². The van der Waals surface area contributed by atoms with Crippen molar-refractivity contribution in [2.45, 2.75) is 12.6 Å². The fourth-order valence-corrected chi connectivity index (χ4v) is 2.17. The number of nitro benzene ring substituents is 1. The molecule has 0 fully saturated rings. The predicted octanol–water partition coefficient (Wildman–Crippen LogP) is 2.55. The van der Waals surface area contributed by atoms with Gasteiger partial charge in [0.1, 0.15) is 12.3 Å². The van der Waals surface area contributed by atoms with Gasteiger partial charge in [-0.1, -0.05) is 0 Å². The molecular formula is C12H14F3N3O3. The highest BCUT2D eigenvalue weighted by molar-refractivity contribution is 5.77. The second-order valence-corrected chi connectivity index (χ2v) is 4.51. The summed E-state index contributed by atoms with van der Waals surface area (Å²) in [4.78, 5) is 10.5. The third kappa shape index (κ3) is 3.97. The molecule has 0 aromatic heterocycles. The fourth-order valence-electron chi connectivity index (χ4n) is 2.17. The summed E-state index contributed by atoms with van der Waals surface area (Å²) in [6, 6.07) is 3.00. The van der Waals surface area contributed by atoms with E-state index in [1.807, 2.05) is 0 Å². The summed E-state index contributed by atoms with van der Waals surface area (Å²) < 4.78 is 40.2. The lowest BCUT2D eigenvalue weighted by molar-refractivity contribution is -0.384. The van der Waals surface area contributed by atoms with E-state index < -0.39 is 17.7 Å². The first-order valence-corrected chi connectivity index (χ1v) is 6.31. The lowest BCUT2D eigenvalue weighted by atomic mass is 10.1. The van der Waals surface area contributed by atoms with E-state index in [4.69, 9.17) is 0 Å². The smallest absolute Gasteiger partial charge is 0.384 e. The van der Waals surface area contributed by atoms with Crippen LogP contribution in [0.4, 0.5) is 30.2 Å². The Balaban J connectivity index is 1.99. The van der Waals surface area contributed by atoms with Gasteiger partial charge in [0.15, 0.2) is 0 Å². The van der Waals surface area contributed by atoms with Crippen molar-refractivity contribution in [3.05, 3.63) is 27.8 Å². The van der Waals surface area contributed by atoms with E-state index in [0.717, 1.165) is 11.3 Å². The molecule has 9 heteroatoms. The van der Waals surface area contributed by atoms with Gasteiger partial charge in [0, 0.05) is 30.4 Å². The maximum absolute atomic E-state index is 11.9. The van der Waals surface area contributed by atoms with Crippen LogP contribution in [0, 0.1) is 10.1 Å². The monoisotopic (exact) mass is 305 g/mol. The Hall–Kier alpha value is -2.03. The highest BCUT2D eigenvalue weighted by Crippen LogP contribution is 2.36. The van der Waals surface area contributed by atoms with Gasteiger partial charge in [0.05, 0.1) is 11.5 Å². The molecule has 0 bridgehead atoms. The van der Waals surface area contributed by atoms with E-state index in [-0.39, 0.29) is 18.8 Å². The quantitative estimate of drug-likeness (QED) is 0.480. The maximum atomic E-state index is 11.9. The average Bonchev–Trinajstić information content (AvgIpc) is 2.85. The molecule has 0 saturated carbocycles. The van der Waals surface area contributed by atoms with Crippen LogP contribution in [0.5, 0.6) is 0 Å². The zero-order chi connectivity index (χ0) is 15.5. The molecule has 21 heavy (non-hydrogen) atoms. The number of rotatable bonds is 6. The van der Waals surface area contributed by atoms with Crippen molar-refractivity contribution in [2.24, 2.45) is 0 Å². The van der Waals surface area contributed by atoms with Crippen molar-refractivity contribution in [3.8, 4) is 0 Å². The van der Waals surface area contributed by atoms with Crippen LogP contribution in [0.25, 0.3) is 0 Å². The van der Waals surface area contributed by atoms with Crippen molar-refractivity contribution in [1.82, 2.24) is 0 Å². The molecule has 1 heterocycles. The Morgan fingerprint density at radius 1 is 1.43 bits per heavy atom. The van der Waals surface area contributed by atoms with Gasteiger partial charge in [-0.3, -0.25) is 10.1 Å². The molecule has 0 unspecified atom stereocenters. The Bertz CT molecular complexity index is 534. The number of benzene rings is 1. The minimum absolute atomic E-state index is 0.0629. The van der Waals surface area contributed by atoms with Crippen molar-refractivity contribution in [2.75, 3.05) is 36.9 Å². The minimum atomic E-state index is -4.37. The molecule has 0 amide bonds. The van der Waals surface area contributed by atoms with E-state index >= 15 is 0 Å². The maximum Gasteiger partial charge on any atom is 0.411 e. The zero-order valence-electron chi connectivity index (χ0n) is 11.0. The Kier molecular flexibility index (Phi) is 4.51. The number of hydrogen-bond donors (Lipinski definition) is 2. The molecular weight excluding hydrogens is 291 g/mol. The molecule has 1 aromatic carbocycles. The summed E-state index contributed by atoms with van der Waals surface area (Å²) in [5.74, 6) is 0. The number of anilines is 2. The first-order chi connectivity index (χ1) is 9.88. The molecule has 0 aliphatic carbocycles. The average molecular weight is 305 g/mol. The van der Waals surface area contributed by atoms with Crippen LogP contribution in [0.2, 0.25) is 0 Å². The van der Waals surface area contributed by atoms with E-state index in [1.165, 1.54) is 6.07 Å². The number of alkyl halides is 3. The number of halogens is 3. The van der Waals surface area contributed by atoms with Gasteiger partial charge in [-0.25, -0.2) is 0 Å². The van der Waals surface area contributed by atoms with Crippen LogP contribution < -0.4 is 10.6 Å². The van der Waals surface area contributed by atoms with E-state index in [1.54, 1.807) is 6.07 Å². The summed E-state index contributed by atoms with van der Waals surface area (Å²) in [7, 11) is 0. The van der Waals surface area contributed by atoms with Crippen LogP contribution in [-0.4, -0.2) is 37.4 Å². The molecule has 2 rings (SSSR count). The van der Waals surface area contributed by atoms with Gasteiger partial charge in [0.2, 0.25) is 0 Å². The molecule has 0 saturated heterocycles. The third-order valence-corrected chi connectivity index (χ3v) is 2.99. The van der Waals surface area contributed by atoms with E-state index in [2.05, 4.69) is 15.4 Å². The topological polar surface area (TPSA) is 76.4 Å². The van der Waals surface area contributed by atoms with Gasteiger partial charge in [0.25, 0.3) is 5.69 Å². The van der Waals surface area contributed by atoms with Gasteiger partial charge in [-0.2, -0.15) is 13.2 Å². The number of hydrogen-bond acceptors (Lipinski definition) is 5. The minimum Gasteiger partial charge on any atom is -0.384 e. The SMILES string of the molecule is O=[N+]([O-])c1ccc2c(c1NCCOCC(F)(F)F)CCN2. The molecule has 1 aromatic rings. The number of nitrogens with zero attached hydrogens (tertiary/aromatic N) is 1. The summed E-state index contributed by atoms with van der Waals surface area (Å²) in [5.41, 5.74) is 1.84. The largest absolute Gasteiger partial charge is 0.411 e. The van der Waals surface area contributed by atoms with Crippen LogP contribution in [-0.2, 0) is 11.2 Å². The number of nitro groups is 1. The second kappa shape index (κ2) is 6.17. The van der Waals surface area contributed by atoms with Crippen molar-refractivity contribution >= 4 is 17.1 Å². The van der Waals surface area contributed by atoms with Gasteiger partial charge in [-0.15, -0.1) is 0 Å². The normalized spacial score (nSPS) is 13.7. The van der Waals surface area contributed by atoms with Crippen molar-refractivity contribution in [3.63, 3.8) is 0 Å². The standard InChI is InChI=1S/C12H14F3N3O3/c13-12(14,15)7-21-6-5-17-11-8-3-4-16-9(8)1-2-10(11)18(19)20/h1-2,16-17H,3-7H2. The summed E-state index contributed by atoms with van der Waals surface area (Å²) in [6.07, 6.45) is -3.74. The number of ether oxygens (including phenoxy) is 1. The molecule has 0 spiro atoms. The zero-order valence-corrected chi connectivity index (χ0v) is 11.0. The van der Waals surface area contributed by atoms with Gasteiger partial charge < -0.3 is 15.4 Å². The van der Waals surface area contributed by atoms with E-state index in [0.29, 0.717) is 18.7 Å². The number of fused-ring (bicyclic) bond motifs is 1. The molecule has 1 aliphatic heterocycles. The molecule has 0 radical (unpaired) electrons. The summed E-state index contributed by atoms with van der Waals surface area (Å²) in [6.45, 7) is -0.776. The number of nitrogens with one attached hydrogen (secondary N) is 2. The predicted molar refractivity (Wildman–Crippen MR) is 70.7 cm³/mol. The Morgan fingerprint density at radius 2 is 2.19 bits per heavy atom. The molecule has 116 valence electrons. The highest BCUT2D eigenvalue weighted by Gasteiger charge is 2.27. The first kappa shape index (κ1) is 15.4. The Morgan fingerprint density at radius 3 is 2.86 bits per heavy atom. The van der Waals surface area contributed by atoms with Crippen LogP contribution in [0.3, 0.4) is 0 Å². The molecule has 2 N–H and O–H groups in total. The van der Waals surface area contributed by atoms with Crippen LogP contribution >= 0.6 is 0 Å². The lowest BCUT2D eigenvalue weighted by Gasteiger charge is -2.12. The van der Waals surface area contributed by atoms with Crippen LogP contribution in [0.1, 0.15) is 5.56 Å². The summed E-state index contributed by atoms with van der Waals surface area (Å²) in [5, 5.41) is 16.9. The summed E-state index contributed by atoms with van der Waals surface area (Å²) >= 11 is 0. The van der Waals surface area contributed by atoms with Gasteiger partial charge >= 0.3 is 6.18 Å². The fraction of sp³-hybridized carbons (Fsp3) is 0.500.